The molecule has 27 heavy (non-hydrogen) atoms. The largest absolute Gasteiger partial charge is 0.497 e. The highest BCUT2D eigenvalue weighted by Crippen LogP contribution is 2.29. The summed E-state index contributed by atoms with van der Waals surface area (Å²) >= 11 is 0. The lowest BCUT2D eigenvalue weighted by Crippen LogP contribution is -2.13. The monoisotopic (exact) mass is 364 g/mol. The molecule has 1 amide bonds. The van der Waals surface area contributed by atoms with Crippen LogP contribution in [0.25, 0.3) is 0 Å². The zero-order valence-electron chi connectivity index (χ0n) is 15.1. The molecule has 7 heteroatoms. The first-order chi connectivity index (χ1) is 13.2. The van der Waals surface area contributed by atoms with E-state index in [4.69, 9.17) is 9.47 Å². The Morgan fingerprint density at radius 3 is 2.59 bits per heavy atom. The van der Waals surface area contributed by atoms with Crippen molar-refractivity contribution in [3.05, 3.63) is 72.2 Å². The second-order valence-electron chi connectivity index (χ2n) is 5.63. The van der Waals surface area contributed by atoms with Crippen LogP contribution in [0.2, 0.25) is 0 Å². The minimum absolute atomic E-state index is 0.287. The molecule has 1 aromatic carbocycles. The van der Waals surface area contributed by atoms with Crippen molar-refractivity contribution in [2.24, 2.45) is 0 Å². The third-order valence-electron chi connectivity index (χ3n) is 3.86. The van der Waals surface area contributed by atoms with E-state index in [2.05, 4.69) is 20.6 Å². The molecule has 0 aliphatic rings. The van der Waals surface area contributed by atoms with Crippen LogP contribution in [-0.2, 0) is 6.54 Å². The van der Waals surface area contributed by atoms with Gasteiger partial charge >= 0.3 is 0 Å². The summed E-state index contributed by atoms with van der Waals surface area (Å²) < 4.78 is 10.5. The summed E-state index contributed by atoms with van der Waals surface area (Å²) in [5.41, 5.74) is 1.87. The fourth-order valence-electron chi connectivity index (χ4n) is 2.42. The molecule has 0 saturated heterocycles. The lowest BCUT2D eigenvalue weighted by Gasteiger charge is -2.12. The van der Waals surface area contributed by atoms with Gasteiger partial charge in [0.15, 0.2) is 0 Å². The standard InChI is InChI=1S/C20H20N4O3/c1-26-16-7-8-18(27-2)17(11-16)24-20(25)14-6-9-19(22-12-14)23-13-15-5-3-4-10-21-15/h3-12H,13H2,1-2H3,(H,22,23)(H,24,25). The molecule has 0 aliphatic carbocycles. The van der Waals surface area contributed by atoms with E-state index in [0.717, 1.165) is 5.69 Å². The molecule has 2 N–H and O–H groups in total. The van der Waals surface area contributed by atoms with Crippen LogP contribution in [-0.4, -0.2) is 30.1 Å². The van der Waals surface area contributed by atoms with Crippen LogP contribution in [0.3, 0.4) is 0 Å². The van der Waals surface area contributed by atoms with Crippen molar-refractivity contribution in [3.8, 4) is 11.5 Å². The van der Waals surface area contributed by atoms with E-state index in [1.54, 1.807) is 50.7 Å². The molecule has 0 unspecified atom stereocenters. The smallest absolute Gasteiger partial charge is 0.257 e. The van der Waals surface area contributed by atoms with Gasteiger partial charge in [-0.3, -0.25) is 9.78 Å². The van der Waals surface area contributed by atoms with Crippen LogP contribution in [0.4, 0.5) is 11.5 Å². The number of carbonyl (C=O) groups excluding carboxylic acids is 1. The van der Waals surface area contributed by atoms with Crippen LogP contribution in [0.1, 0.15) is 16.1 Å². The first-order valence-electron chi connectivity index (χ1n) is 8.33. The second kappa shape index (κ2) is 8.66. The van der Waals surface area contributed by atoms with E-state index in [9.17, 15) is 4.79 Å². The van der Waals surface area contributed by atoms with Gasteiger partial charge < -0.3 is 20.1 Å². The maximum atomic E-state index is 12.5. The number of hydrogen-bond acceptors (Lipinski definition) is 6. The van der Waals surface area contributed by atoms with Crippen LogP contribution in [0, 0.1) is 0 Å². The average molecular weight is 364 g/mol. The molecule has 0 saturated carbocycles. The number of methoxy groups -OCH3 is 2. The summed E-state index contributed by atoms with van der Waals surface area (Å²) in [5.74, 6) is 1.55. The highest BCUT2D eigenvalue weighted by atomic mass is 16.5. The number of pyridine rings is 2. The normalized spacial score (nSPS) is 10.1. The summed E-state index contributed by atoms with van der Waals surface area (Å²) in [4.78, 5) is 21.0. The zero-order valence-corrected chi connectivity index (χ0v) is 15.1. The van der Waals surface area contributed by atoms with E-state index in [-0.39, 0.29) is 5.91 Å². The van der Waals surface area contributed by atoms with E-state index in [1.807, 2.05) is 18.2 Å². The molecule has 0 atom stereocenters. The number of ether oxygens (including phenoxy) is 2. The van der Waals surface area contributed by atoms with E-state index < -0.39 is 0 Å². The molecule has 3 rings (SSSR count). The summed E-state index contributed by atoms with van der Waals surface area (Å²) in [7, 11) is 3.11. The van der Waals surface area contributed by atoms with Gasteiger partial charge in [0.2, 0.25) is 0 Å². The van der Waals surface area contributed by atoms with Gasteiger partial charge in [0, 0.05) is 18.5 Å². The zero-order chi connectivity index (χ0) is 19.1. The van der Waals surface area contributed by atoms with Crippen molar-refractivity contribution in [3.63, 3.8) is 0 Å². The van der Waals surface area contributed by atoms with Gasteiger partial charge in [-0.2, -0.15) is 0 Å². The minimum Gasteiger partial charge on any atom is -0.497 e. The lowest BCUT2D eigenvalue weighted by atomic mass is 10.2. The first kappa shape index (κ1) is 18.2. The van der Waals surface area contributed by atoms with Crippen molar-refractivity contribution in [2.75, 3.05) is 24.9 Å². The predicted octanol–water partition coefficient (Wildman–Crippen LogP) is 3.36. The Hall–Kier alpha value is -3.61. The molecule has 0 spiro atoms. The van der Waals surface area contributed by atoms with Gasteiger partial charge in [-0.25, -0.2) is 4.98 Å². The number of hydrogen-bond donors (Lipinski definition) is 2. The molecule has 138 valence electrons. The number of carbonyl (C=O) groups is 1. The number of nitrogens with one attached hydrogen (secondary N) is 2. The number of anilines is 2. The average Bonchev–Trinajstić information content (AvgIpc) is 2.73. The molecular weight excluding hydrogens is 344 g/mol. The van der Waals surface area contributed by atoms with Gasteiger partial charge in [-0.1, -0.05) is 6.07 Å². The molecule has 0 aliphatic heterocycles. The fourth-order valence-corrected chi connectivity index (χ4v) is 2.42. The van der Waals surface area contributed by atoms with Crippen molar-refractivity contribution in [2.45, 2.75) is 6.54 Å². The Kier molecular flexibility index (Phi) is 5.84. The molecular formula is C20H20N4O3. The lowest BCUT2D eigenvalue weighted by molar-refractivity contribution is 0.102. The maximum Gasteiger partial charge on any atom is 0.257 e. The number of amides is 1. The van der Waals surface area contributed by atoms with E-state index >= 15 is 0 Å². The van der Waals surface area contributed by atoms with Gasteiger partial charge in [-0.15, -0.1) is 0 Å². The summed E-state index contributed by atoms with van der Waals surface area (Å²) in [6.45, 7) is 0.556. The Morgan fingerprint density at radius 2 is 1.93 bits per heavy atom. The number of aromatic nitrogens is 2. The molecule has 0 fully saturated rings. The second-order valence-corrected chi connectivity index (χ2v) is 5.63. The summed E-state index contributed by atoms with van der Waals surface area (Å²) in [5, 5.41) is 5.98. The number of rotatable bonds is 7. The van der Waals surface area contributed by atoms with Crippen molar-refractivity contribution >= 4 is 17.4 Å². The third kappa shape index (κ3) is 4.72. The number of nitrogens with zero attached hydrogens (tertiary/aromatic N) is 2. The molecule has 2 aromatic heterocycles. The van der Waals surface area contributed by atoms with Gasteiger partial charge in [-0.05, 0) is 36.4 Å². The van der Waals surface area contributed by atoms with Crippen LogP contribution in [0.5, 0.6) is 11.5 Å². The predicted molar refractivity (Wildman–Crippen MR) is 103 cm³/mol. The highest BCUT2D eigenvalue weighted by Gasteiger charge is 2.11. The molecule has 0 radical (unpaired) electrons. The Balaban J connectivity index is 1.65. The van der Waals surface area contributed by atoms with E-state index in [0.29, 0.717) is 35.1 Å². The van der Waals surface area contributed by atoms with Crippen LogP contribution < -0.4 is 20.1 Å². The maximum absolute atomic E-state index is 12.5. The highest BCUT2D eigenvalue weighted by molar-refractivity contribution is 6.05. The van der Waals surface area contributed by atoms with Crippen LogP contribution in [0.15, 0.2) is 60.9 Å². The summed E-state index contributed by atoms with van der Waals surface area (Å²) in [6.07, 6.45) is 3.26. The van der Waals surface area contributed by atoms with Crippen molar-refractivity contribution in [1.82, 2.24) is 9.97 Å². The number of benzene rings is 1. The van der Waals surface area contributed by atoms with Gasteiger partial charge in [0.1, 0.15) is 17.3 Å². The molecule has 3 aromatic rings. The molecule has 0 bridgehead atoms. The topological polar surface area (TPSA) is 85.4 Å². The quantitative estimate of drug-likeness (QED) is 0.669. The van der Waals surface area contributed by atoms with Crippen molar-refractivity contribution < 1.29 is 14.3 Å². The Bertz CT molecular complexity index is 899. The first-order valence-corrected chi connectivity index (χ1v) is 8.33. The Labute approximate surface area is 157 Å². The fraction of sp³-hybridized carbons (Fsp3) is 0.150. The molecule has 2 heterocycles. The minimum atomic E-state index is -0.287. The Morgan fingerprint density at radius 1 is 1.04 bits per heavy atom. The third-order valence-corrected chi connectivity index (χ3v) is 3.86. The van der Waals surface area contributed by atoms with E-state index in [1.165, 1.54) is 6.20 Å². The SMILES string of the molecule is COc1ccc(OC)c(NC(=O)c2ccc(NCc3ccccn3)nc2)c1. The van der Waals surface area contributed by atoms with Gasteiger partial charge in [0.25, 0.3) is 5.91 Å². The molecule has 7 nitrogen and oxygen atoms in total. The van der Waals surface area contributed by atoms with Crippen LogP contribution >= 0.6 is 0 Å². The van der Waals surface area contributed by atoms with Gasteiger partial charge in [0.05, 0.1) is 37.7 Å². The summed E-state index contributed by atoms with van der Waals surface area (Å²) in [6, 6.07) is 14.4. The van der Waals surface area contributed by atoms with Crippen molar-refractivity contribution in [1.29, 1.82) is 0 Å².